The third-order valence-corrected chi connectivity index (χ3v) is 4.06. The molecule has 0 unspecified atom stereocenters. The van der Waals surface area contributed by atoms with Gasteiger partial charge in [0.05, 0.1) is 12.1 Å². The Balaban J connectivity index is 1.83. The number of amides is 2. The molecule has 1 aromatic carbocycles. The molecule has 118 valence electrons. The van der Waals surface area contributed by atoms with Gasteiger partial charge in [-0.1, -0.05) is 12.1 Å². The molecule has 1 aliphatic rings. The van der Waals surface area contributed by atoms with Gasteiger partial charge in [0, 0.05) is 31.4 Å². The van der Waals surface area contributed by atoms with Gasteiger partial charge in [0.25, 0.3) is 5.91 Å². The third-order valence-electron chi connectivity index (χ3n) is 4.06. The van der Waals surface area contributed by atoms with Gasteiger partial charge >= 0.3 is 0 Å². The van der Waals surface area contributed by atoms with Crippen molar-refractivity contribution in [3.05, 3.63) is 65.7 Å². The Bertz CT molecular complexity index is 718. The van der Waals surface area contributed by atoms with Crippen LogP contribution in [0.1, 0.15) is 28.4 Å². The Hall–Kier alpha value is -2.76. The van der Waals surface area contributed by atoms with Crippen LogP contribution in [-0.4, -0.2) is 34.8 Å². The Kier molecular flexibility index (Phi) is 4.06. The third kappa shape index (κ3) is 3.06. The van der Waals surface area contributed by atoms with E-state index in [1.54, 1.807) is 36.2 Å². The lowest BCUT2D eigenvalue weighted by atomic mass is 10.00. The number of hydrogen-bond donors (Lipinski definition) is 1. The summed E-state index contributed by atoms with van der Waals surface area (Å²) < 4.78 is 13.1. The summed E-state index contributed by atoms with van der Waals surface area (Å²) in [4.78, 5) is 29.8. The minimum atomic E-state index is -0.362. The van der Waals surface area contributed by atoms with Crippen molar-refractivity contribution in [1.29, 1.82) is 0 Å². The molecule has 2 heterocycles. The van der Waals surface area contributed by atoms with E-state index >= 15 is 0 Å². The second-order valence-corrected chi connectivity index (χ2v) is 5.52. The summed E-state index contributed by atoms with van der Waals surface area (Å²) in [5.74, 6) is -0.648. The highest BCUT2D eigenvalue weighted by atomic mass is 19.1. The average molecular weight is 313 g/mol. The fourth-order valence-corrected chi connectivity index (χ4v) is 2.87. The number of pyridine rings is 1. The van der Waals surface area contributed by atoms with Crippen LogP contribution < -0.4 is 5.32 Å². The van der Waals surface area contributed by atoms with Gasteiger partial charge in [-0.2, -0.15) is 0 Å². The summed E-state index contributed by atoms with van der Waals surface area (Å²) in [5.41, 5.74) is 1.28. The van der Waals surface area contributed by atoms with E-state index in [1.165, 1.54) is 24.5 Å². The first kappa shape index (κ1) is 15.1. The molecule has 6 heteroatoms. The molecule has 1 N–H and O–H groups in total. The number of carbonyl (C=O) groups excluding carboxylic acids is 2. The topological polar surface area (TPSA) is 62.3 Å². The molecule has 1 saturated heterocycles. The Labute approximate surface area is 133 Å². The van der Waals surface area contributed by atoms with E-state index < -0.39 is 0 Å². The number of nitrogens with zero attached hydrogens (tertiary/aromatic N) is 2. The van der Waals surface area contributed by atoms with Crippen LogP contribution in [0.2, 0.25) is 0 Å². The van der Waals surface area contributed by atoms with Crippen molar-refractivity contribution >= 4 is 11.8 Å². The largest absolute Gasteiger partial charge is 0.346 e. The van der Waals surface area contributed by atoms with Crippen molar-refractivity contribution in [3.63, 3.8) is 0 Å². The number of rotatable bonds is 3. The molecule has 1 aromatic heterocycles. The normalized spacial score (nSPS) is 20.6. The molecule has 0 bridgehead atoms. The lowest BCUT2D eigenvalue weighted by molar-refractivity contribution is -0.127. The molecule has 1 aliphatic heterocycles. The molecule has 2 atom stereocenters. The van der Waals surface area contributed by atoms with Crippen molar-refractivity contribution in [2.24, 2.45) is 0 Å². The summed E-state index contributed by atoms with van der Waals surface area (Å²) in [6, 6.07) is 8.54. The fraction of sp³-hybridized carbons (Fsp3) is 0.235. The van der Waals surface area contributed by atoms with Crippen molar-refractivity contribution in [3.8, 4) is 0 Å². The second-order valence-electron chi connectivity index (χ2n) is 5.52. The van der Waals surface area contributed by atoms with Gasteiger partial charge in [-0.3, -0.25) is 14.6 Å². The number of likely N-dealkylation sites (tertiary alicyclic amines) is 1. The van der Waals surface area contributed by atoms with Crippen molar-refractivity contribution in [1.82, 2.24) is 15.2 Å². The summed E-state index contributed by atoms with van der Waals surface area (Å²) in [6.07, 6.45) is 3.30. The molecule has 0 radical (unpaired) electrons. The maximum atomic E-state index is 13.1. The molecule has 23 heavy (non-hydrogen) atoms. The smallest absolute Gasteiger partial charge is 0.251 e. The molecular formula is C17H16FN3O2. The summed E-state index contributed by atoms with van der Waals surface area (Å²) >= 11 is 0. The monoisotopic (exact) mass is 313 g/mol. The molecule has 0 aliphatic carbocycles. The number of carbonyl (C=O) groups is 2. The first-order valence-electron chi connectivity index (χ1n) is 7.28. The lowest BCUT2D eigenvalue weighted by Gasteiger charge is -2.26. The van der Waals surface area contributed by atoms with Crippen LogP contribution in [0.4, 0.5) is 4.39 Å². The molecule has 5 nitrogen and oxygen atoms in total. The lowest BCUT2D eigenvalue weighted by Crippen LogP contribution is -2.39. The number of benzene rings is 1. The molecule has 1 fully saturated rings. The molecule has 3 rings (SSSR count). The van der Waals surface area contributed by atoms with Crippen molar-refractivity contribution in [2.45, 2.75) is 18.5 Å². The fourth-order valence-electron chi connectivity index (χ4n) is 2.87. The zero-order valence-electron chi connectivity index (χ0n) is 12.6. The standard InChI is InChI=1S/C17H16FN3O2/c1-21-15(22)10-14(16(21)11-2-4-13(18)5-3-11)20-17(23)12-6-8-19-9-7-12/h2-9,14,16H,10H2,1H3,(H,20,23)/t14-,16-/m0/s1. The van der Waals surface area contributed by atoms with Crippen LogP contribution in [0, 0.1) is 5.82 Å². The van der Waals surface area contributed by atoms with E-state index in [9.17, 15) is 14.0 Å². The SMILES string of the molecule is CN1C(=O)C[C@H](NC(=O)c2ccncc2)[C@@H]1c1ccc(F)cc1. The van der Waals surface area contributed by atoms with E-state index in [4.69, 9.17) is 0 Å². The van der Waals surface area contributed by atoms with E-state index in [-0.39, 0.29) is 36.1 Å². The van der Waals surface area contributed by atoms with Gasteiger partial charge in [-0.05, 0) is 29.8 Å². The Morgan fingerprint density at radius 3 is 2.52 bits per heavy atom. The predicted molar refractivity (Wildman–Crippen MR) is 82.0 cm³/mol. The number of aromatic nitrogens is 1. The number of likely N-dealkylation sites (N-methyl/N-ethyl adjacent to an activating group) is 1. The zero-order valence-corrected chi connectivity index (χ0v) is 12.6. The summed E-state index contributed by atoms with van der Waals surface area (Å²) in [7, 11) is 1.69. The van der Waals surface area contributed by atoms with Gasteiger partial charge in [0.2, 0.25) is 5.91 Å². The average Bonchev–Trinajstić information content (AvgIpc) is 2.83. The van der Waals surface area contributed by atoms with Crippen LogP contribution in [-0.2, 0) is 4.79 Å². The van der Waals surface area contributed by atoms with Gasteiger partial charge in [0.15, 0.2) is 0 Å². The second kappa shape index (κ2) is 6.16. The number of nitrogens with one attached hydrogen (secondary N) is 1. The van der Waals surface area contributed by atoms with E-state index in [0.717, 1.165) is 5.56 Å². The first-order valence-corrected chi connectivity index (χ1v) is 7.28. The maximum absolute atomic E-state index is 13.1. The molecule has 0 spiro atoms. The minimum absolute atomic E-state index is 0.0562. The van der Waals surface area contributed by atoms with E-state index in [0.29, 0.717) is 5.56 Å². The van der Waals surface area contributed by atoms with Crippen molar-refractivity contribution < 1.29 is 14.0 Å². The summed E-state index contributed by atoms with van der Waals surface area (Å²) in [5, 5.41) is 2.90. The van der Waals surface area contributed by atoms with Gasteiger partial charge in [0.1, 0.15) is 5.82 Å². The van der Waals surface area contributed by atoms with Gasteiger partial charge in [-0.25, -0.2) is 4.39 Å². The van der Waals surface area contributed by atoms with Crippen LogP contribution in [0.3, 0.4) is 0 Å². The van der Waals surface area contributed by atoms with Crippen LogP contribution in [0.25, 0.3) is 0 Å². The quantitative estimate of drug-likeness (QED) is 0.942. The molecule has 0 saturated carbocycles. The Morgan fingerprint density at radius 1 is 1.22 bits per heavy atom. The maximum Gasteiger partial charge on any atom is 0.251 e. The highest BCUT2D eigenvalue weighted by Crippen LogP contribution is 2.32. The Morgan fingerprint density at radius 2 is 1.87 bits per heavy atom. The first-order chi connectivity index (χ1) is 11.1. The van der Waals surface area contributed by atoms with E-state index in [2.05, 4.69) is 10.3 Å². The van der Waals surface area contributed by atoms with Crippen LogP contribution in [0.15, 0.2) is 48.8 Å². The van der Waals surface area contributed by atoms with Crippen LogP contribution >= 0.6 is 0 Å². The molecular weight excluding hydrogens is 297 g/mol. The predicted octanol–water partition coefficient (Wildman–Crippen LogP) is 1.92. The zero-order chi connectivity index (χ0) is 16.4. The molecule has 2 aromatic rings. The van der Waals surface area contributed by atoms with Gasteiger partial charge < -0.3 is 10.2 Å². The summed E-state index contributed by atoms with van der Waals surface area (Å²) in [6.45, 7) is 0. The number of halogens is 1. The minimum Gasteiger partial charge on any atom is -0.346 e. The number of hydrogen-bond acceptors (Lipinski definition) is 3. The highest BCUT2D eigenvalue weighted by Gasteiger charge is 2.39. The van der Waals surface area contributed by atoms with Crippen molar-refractivity contribution in [2.75, 3.05) is 7.05 Å². The highest BCUT2D eigenvalue weighted by molar-refractivity contribution is 5.95. The van der Waals surface area contributed by atoms with E-state index in [1.807, 2.05) is 0 Å². The van der Waals surface area contributed by atoms with Gasteiger partial charge in [-0.15, -0.1) is 0 Å². The van der Waals surface area contributed by atoms with Crippen LogP contribution in [0.5, 0.6) is 0 Å². The molecule has 2 amide bonds.